The van der Waals surface area contributed by atoms with Crippen molar-refractivity contribution < 1.29 is 8.42 Å². The van der Waals surface area contributed by atoms with Gasteiger partial charge in [-0.25, -0.2) is 8.42 Å². The van der Waals surface area contributed by atoms with Gasteiger partial charge in [-0.05, 0) is 18.1 Å². The van der Waals surface area contributed by atoms with Crippen LogP contribution in [0.4, 0.5) is 0 Å². The number of rotatable bonds is 1. The molecule has 76 valence electrons. The summed E-state index contributed by atoms with van der Waals surface area (Å²) in [5.74, 6) is 0. The average molecular weight is 211 g/mol. The van der Waals surface area contributed by atoms with Crippen LogP contribution in [0.3, 0.4) is 0 Å². The molecule has 0 saturated heterocycles. The Balaban J connectivity index is 2.68. The average Bonchev–Trinajstić information content (AvgIpc) is 2.36. The third-order valence-corrected chi connectivity index (χ3v) is 5.19. The molecule has 0 aliphatic carbocycles. The first-order valence-electron chi connectivity index (χ1n) is 4.67. The molecule has 2 atom stereocenters. The highest BCUT2D eigenvalue weighted by atomic mass is 32.2. The summed E-state index contributed by atoms with van der Waals surface area (Å²) in [5, 5.41) is -0.445. The van der Waals surface area contributed by atoms with E-state index in [-0.39, 0.29) is 6.04 Å². The summed E-state index contributed by atoms with van der Waals surface area (Å²) >= 11 is 0. The molecule has 14 heavy (non-hydrogen) atoms. The lowest BCUT2D eigenvalue weighted by Crippen LogP contribution is -2.25. The maximum absolute atomic E-state index is 11.9. The summed E-state index contributed by atoms with van der Waals surface area (Å²) < 4.78 is 23.9. The first-order chi connectivity index (χ1) is 6.59. The molecule has 0 amide bonds. The van der Waals surface area contributed by atoms with Crippen LogP contribution in [0.25, 0.3) is 0 Å². The Morgan fingerprint density at radius 3 is 2.57 bits per heavy atom. The van der Waals surface area contributed by atoms with E-state index in [1.54, 1.807) is 18.2 Å². The zero-order valence-corrected chi connectivity index (χ0v) is 8.79. The monoisotopic (exact) mass is 211 g/mol. The van der Waals surface area contributed by atoms with Crippen molar-refractivity contribution in [3.05, 3.63) is 29.8 Å². The Bertz CT molecular complexity index is 453. The smallest absolute Gasteiger partial charge is 0.183 e. The molecule has 1 aliphatic heterocycles. The molecular formula is C10H13NO2S. The second kappa shape index (κ2) is 3.07. The van der Waals surface area contributed by atoms with Gasteiger partial charge in [0.05, 0.1) is 10.1 Å². The summed E-state index contributed by atoms with van der Waals surface area (Å²) in [6.07, 6.45) is 0.568. The summed E-state index contributed by atoms with van der Waals surface area (Å²) in [6, 6.07) is 6.64. The summed E-state index contributed by atoms with van der Waals surface area (Å²) in [5.41, 5.74) is 6.66. The van der Waals surface area contributed by atoms with E-state index in [4.69, 9.17) is 5.73 Å². The maximum Gasteiger partial charge on any atom is 0.183 e. The molecular weight excluding hydrogens is 198 g/mol. The summed E-state index contributed by atoms with van der Waals surface area (Å²) in [6.45, 7) is 1.86. The van der Waals surface area contributed by atoms with Crippen LogP contribution in [0.1, 0.15) is 24.9 Å². The van der Waals surface area contributed by atoms with E-state index in [1.807, 2.05) is 13.0 Å². The normalized spacial score (nSPS) is 28.7. The molecule has 2 unspecified atom stereocenters. The zero-order chi connectivity index (χ0) is 10.3. The fraction of sp³-hybridized carbons (Fsp3) is 0.400. The van der Waals surface area contributed by atoms with Crippen LogP contribution in [0.15, 0.2) is 29.2 Å². The molecule has 0 bridgehead atoms. The molecule has 4 heteroatoms. The van der Waals surface area contributed by atoms with E-state index >= 15 is 0 Å². The van der Waals surface area contributed by atoms with Gasteiger partial charge in [0.25, 0.3) is 0 Å². The van der Waals surface area contributed by atoms with E-state index in [9.17, 15) is 8.42 Å². The number of hydrogen-bond acceptors (Lipinski definition) is 3. The van der Waals surface area contributed by atoms with Crippen molar-refractivity contribution in [2.24, 2.45) is 5.73 Å². The minimum absolute atomic E-state index is 0.360. The fourth-order valence-electron chi connectivity index (χ4n) is 2.04. The molecule has 1 heterocycles. The lowest BCUT2D eigenvalue weighted by atomic mass is 10.0. The van der Waals surface area contributed by atoms with Gasteiger partial charge in [0.1, 0.15) is 0 Å². The maximum atomic E-state index is 11.9. The van der Waals surface area contributed by atoms with Gasteiger partial charge in [-0.1, -0.05) is 25.1 Å². The molecule has 0 aromatic heterocycles. The second-order valence-electron chi connectivity index (χ2n) is 3.56. The van der Waals surface area contributed by atoms with Gasteiger partial charge >= 0.3 is 0 Å². The van der Waals surface area contributed by atoms with Gasteiger partial charge in [0.15, 0.2) is 9.84 Å². The van der Waals surface area contributed by atoms with Crippen LogP contribution in [0.2, 0.25) is 0 Å². The first-order valence-corrected chi connectivity index (χ1v) is 6.22. The van der Waals surface area contributed by atoms with Crippen LogP contribution < -0.4 is 5.73 Å². The molecule has 0 spiro atoms. The number of nitrogens with two attached hydrogens (primary N) is 1. The summed E-state index contributed by atoms with van der Waals surface area (Å²) in [7, 11) is -3.17. The molecule has 3 nitrogen and oxygen atoms in total. The predicted molar refractivity (Wildman–Crippen MR) is 54.6 cm³/mol. The molecule has 1 aromatic carbocycles. The Kier molecular flexibility index (Phi) is 2.12. The largest absolute Gasteiger partial charge is 0.323 e. The quantitative estimate of drug-likeness (QED) is 0.760. The van der Waals surface area contributed by atoms with Crippen LogP contribution >= 0.6 is 0 Å². The lowest BCUT2D eigenvalue weighted by Gasteiger charge is -2.11. The Hall–Kier alpha value is -0.870. The molecule has 2 N–H and O–H groups in total. The Labute approximate surface area is 83.9 Å². The van der Waals surface area contributed by atoms with E-state index < -0.39 is 15.1 Å². The highest BCUT2D eigenvalue weighted by Gasteiger charge is 2.41. The minimum atomic E-state index is -3.17. The lowest BCUT2D eigenvalue weighted by molar-refractivity contribution is 0.567. The molecule has 2 rings (SSSR count). The minimum Gasteiger partial charge on any atom is -0.323 e. The standard InChI is InChI=1S/C10H13NO2S/c1-2-8-10(11)7-5-3-4-6-9(7)14(8,12)13/h3-6,8,10H,2,11H2,1H3. The number of fused-ring (bicyclic) bond motifs is 1. The highest BCUT2D eigenvalue weighted by Crippen LogP contribution is 2.38. The second-order valence-corrected chi connectivity index (χ2v) is 5.69. The van der Waals surface area contributed by atoms with Gasteiger partial charge in [-0.15, -0.1) is 0 Å². The van der Waals surface area contributed by atoms with Crippen molar-refractivity contribution in [2.45, 2.75) is 29.5 Å². The van der Waals surface area contributed by atoms with E-state index in [2.05, 4.69) is 0 Å². The van der Waals surface area contributed by atoms with Gasteiger partial charge in [0, 0.05) is 6.04 Å². The third-order valence-electron chi connectivity index (χ3n) is 2.79. The van der Waals surface area contributed by atoms with E-state index in [1.165, 1.54) is 0 Å². The topological polar surface area (TPSA) is 60.2 Å². The molecule has 0 saturated carbocycles. The van der Waals surface area contributed by atoms with E-state index in [0.717, 1.165) is 5.56 Å². The fourth-order valence-corrected chi connectivity index (χ4v) is 4.14. The predicted octanol–water partition coefficient (Wildman–Crippen LogP) is 1.25. The van der Waals surface area contributed by atoms with Crippen molar-refractivity contribution >= 4 is 9.84 Å². The van der Waals surface area contributed by atoms with Gasteiger partial charge < -0.3 is 5.73 Å². The number of sulfone groups is 1. The summed E-state index contributed by atoms with van der Waals surface area (Å²) in [4.78, 5) is 0.416. The van der Waals surface area contributed by atoms with Crippen LogP contribution in [0.5, 0.6) is 0 Å². The SMILES string of the molecule is CCC1C(N)c2ccccc2S1(=O)=O. The van der Waals surface area contributed by atoms with Crippen LogP contribution in [-0.4, -0.2) is 13.7 Å². The third kappa shape index (κ3) is 1.11. The van der Waals surface area contributed by atoms with Crippen molar-refractivity contribution in [3.8, 4) is 0 Å². The Morgan fingerprint density at radius 2 is 2.00 bits per heavy atom. The van der Waals surface area contributed by atoms with Crippen LogP contribution in [0, 0.1) is 0 Å². The molecule has 1 aromatic rings. The highest BCUT2D eigenvalue weighted by molar-refractivity contribution is 7.92. The Morgan fingerprint density at radius 1 is 1.36 bits per heavy atom. The van der Waals surface area contributed by atoms with Gasteiger partial charge in [0.2, 0.25) is 0 Å². The molecule has 0 fully saturated rings. The van der Waals surface area contributed by atoms with Crippen molar-refractivity contribution in [3.63, 3.8) is 0 Å². The number of hydrogen-bond donors (Lipinski definition) is 1. The van der Waals surface area contributed by atoms with Crippen molar-refractivity contribution in [1.82, 2.24) is 0 Å². The molecule has 1 aliphatic rings. The first kappa shape index (κ1) is 9.68. The van der Waals surface area contributed by atoms with Crippen LogP contribution in [-0.2, 0) is 9.84 Å². The van der Waals surface area contributed by atoms with Crippen molar-refractivity contribution in [1.29, 1.82) is 0 Å². The van der Waals surface area contributed by atoms with Crippen molar-refractivity contribution in [2.75, 3.05) is 0 Å². The van der Waals surface area contributed by atoms with E-state index in [0.29, 0.717) is 11.3 Å². The number of benzene rings is 1. The zero-order valence-electron chi connectivity index (χ0n) is 7.97. The molecule has 0 radical (unpaired) electrons. The van der Waals surface area contributed by atoms with Gasteiger partial charge in [-0.3, -0.25) is 0 Å². The van der Waals surface area contributed by atoms with Gasteiger partial charge in [-0.2, -0.15) is 0 Å².